The lowest BCUT2D eigenvalue weighted by atomic mass is 10.0. The highest BCUT2D eigenvalue weighted by atomic mass is 16.5. The molecule has 0 aromatic carbocycles. The van der Waals surface area contributed by atoms with Gasteiger partial charge in [0, 0.05) is 37.8 Å². The molecule has 4 heteroatoms. The van der Waals surface area contributed by atoms with E-state index >= 15 is 0 Å². The molecule has 2 N–H and O–H groups in total. The molecule has 0 aliphatic carbocycles. The zero-order chi connectivity index (χ0) is 12.5. The van der Waals surface area contributed by atoms with Crippen molar-refractivity contribution in [2.75, 3.05) is 32.8 Å². The SMILES string of the molecule is CC1OCCC1N1CCC(N2CCC(N)CC2)C1. The van der Waals surface area contributed by atoms with Crippen LogP contribution in [0.1, 0.15) is 32.6 Å². The van der Waals surface area contributed by atoms with Gasteiger partial charge in [-0.25, -0.2) is 0 Å². The van der Waals surface area contributed by atoms with Crippen molar-refractivity contribution < 1.29 is 4.74 Å². The maximum absolute atomic E-state index is 5.99. The van der Waals surface area contributed by atoms with Crippen LogP contribution in [-0.4, -0.2) is 66.8 Å². The van der Waals surface area contributed by atoms with Crippen LogP contribution in [0.15, 0.2) is 0 Å². The van der Waals surface area contributed by atoms with E-state index in [1.165, 1.54) is 51.9 Å². The Balaban J connectivity index is 1.52. The molecular formula is C14H27N3O. The maximum atomic E-state index is 5.99. The van der Waals surface area contributed by atoms with E-state index in [1.54, 1.807) is 0 Å². The minimum atomic E-state index is 0.429. The Hall–Kier alpha value is -0.160. The number of nitrogens with zero attached hydrogens (tertiary/aromatic N) is 2. The predicted octanol–water partition coefficient (Wildman–Crippen LogP) is 0.661. The Morgan fingerprint density at radius 3 is 2.39 bits per heavy atom. The van der Waals surface area contributed by atoms with Gasteiger partial charge in [-0.15, -0.1) is 0 Å². The van der Waals surface area contributed by atoms with Crippen molar-refractivity contribution >= 4 is 0 Å². The quantitative estimate of drug-likeness (QED) is 0.785. The summed E-state index contributed by atoms with van der Waals surface area (Å²) in [6.45, 7) is 8.09. The van der Waals surface area contributed by atoms with Crippen LogP contribution in [0.25, 0.3) is 0 Å². The summed E-state index contributed by atoms with van der Waals surface area (Å²) < 4.78 is 5.70. The second-order valence-electron chi connectivity index (χ2n) is 6.24. The van der Waals surface area contributed by atoms with Crippen molar-refractivity contribution in [3.05, 3.63) is 0 Å². The van der Waals surface area contributed by atoms with Crippen LogP contribution in [-0.2, 0) is 4.74 Å². The van der Waals surface area contributed by atoms with E-state index in [9.17, 15) is 0 Å². The van der Waals surface area contributed by atoms with E-state index in [0.29, 0.717) is 18.2 Å². The van der Waals surface area contributed by atoms with Crippen LogP contribution in [0, 0.1) is 0 Å². The highest BCUT2D eigenvalue weighted by Gasteiger charge is 2.36. The first-order valence-corrected chi connectivity index (χ1v) is 7.59. The molecule has 3 saturated heterocycles. The summed E-state index contributed by atoms with van der Waals surface area (Å²) in [4.78, 5) is 5.33. The molecule has 3 aliphatic heterocycles. The fourth-order valence-electron chi connectivity index (χ4n) is 3.85. The molecule has 104 valence electrons. The minimum Gasteiger partial charge on any atom is -0.377 e. The van der Waals surface area contributed by atoms with Gasteiger partial charge in [0.1, 0.15) is 0 Å². The molecule has 0 radical (unpaired) electrons. The smallest absolute Gasteiger partial charge is 0.0703 e. The van der Waals surface area contributed by atoms with Crippen LogP contribution in [0.4, 0.5) is 0 Å². The Bertz CT molecular complexity index is 278. The van der Waals surface area contributed by atoms with Gasteiger partial charge in [-0.3, -0.25) is 9.80 Å². The topological polar surface area (TPSA) is 41.7 Å². The number of ether oxygens (including phenoxy) is 1. The van der Waals surface area contributed by atoms with Crippen LogP contribution in [0.5, 0.6) is 0 Å². The van der Waals surface area contributed by atoms with Crippen molar-refractivity contribution in [2.45, 2.75) is 56.8 Å². The number of hydrogen-bond donors (Lipinski definition) is 1. The monoisotopic (exact) mass is 253 g/mol. The molecule has 0 aromatic rings. The molecule has 3 fully saturated rings. The number of piperidine rings is 1. The van der Waals surface area contributed by atoms with Gasteiger partial charge in [0.05, 0.1) is 6.10 Å². The first-order valence-electron chi connectivity index (χ1n) is 7.59. The van der Waals surface area contributed by atoms with E-state index in [1.807, 2.05) is 0 Å². The second-order valence-corrected chi connectivity index (χ2v) is 6.24. The highest BCUT2D eigenvalue weighted by molar-refractivity contribution is 4.92. The second kappa shape index (κ2) is 5.45. The van der Waals surface area contributed by atoms with Crippen LogP contribution in [0.2, 0.25) is 0 Å². The van der Waals surface area contributed by atoms with Crippen LogP contribution < -0.4 is 5.73 Å². The third-order valence-corrected chi connectivity index (χ3v) is 5.09. The van der Waals surface area contributed by atoms with Gasteiger partial charge in [0.15, 0.2) is 0 Å². The fourth-order valence-corrected chi connectivity index (χ4v) is 3.85. The van der Waals surface area contributed by atoms with Gasteiger partial charge in [-0.1, -0.05) is 0 Å². The third-order valence-electron chi connectivity index (χ3n) is 5.09. The van der Waals surface area contributed by atoms with Crippen molar-refractivity contribution in [2.24, 2.45) is 5.73 Å². The number of nitrogens with two attached hydrogens (primary N) is 1. The Morgan fingerprint density at radius 2 is 1.72 bits per heavy atom. The van der Waals surface area contributed by atoms with E-state index in [0.717, 1.165) is 12.6 Å². The molecule has 18 heavy (non-hydrogen) atoms. The zero-order valence-electron chi connectivity index (χ0n) is 11.6. The molecule has 4 nitrogen and oxygen atoms in total. The molecule has 3 rings (SSSR count). The van der Waals surface area contributed by atoms with Gasteiger partial charge in [-0.2, -0.15) is 0 Å². The Labute approximate surface area is 110 Å². The summed E-state index contributed by atoms with van der Waals surface area (Å²) >= 11 is 0. The first kappa shape index (κ1) is 12.9. The van der Waals surface area contributed by atoms with E-state index in [4.69, 9.17) is 10.5 Å². The number of likely N-dealkylation sites (tertiary alicyclic amines) is 2. The molecule has 0 bridgehead atoms. The Morgan fingerprint density at radius 1 is 1.00 bits per heavy atom. The molecule has 0 aromatic heterocycles. The van der Waals surface area contributed by atoms with Gasteiger partial charge in [0.25, 0.3) is 0 Å². The first-order chi connectivity index (χ1) is 8.74. The molecular weight excluding hydrogens is 226 g/mol. The van der Waals surface area contributed by atoms with Crippen LogP contribution in [0.3, 0.4) is 0 Å². The molecule has 0 spiro atoms. The lowest BCUT2D eigenvalue weighted by Gasteiger charge is -2.35. The lowest BCUT2D eigenvalue weighted by Crippen LogP contribution is -2.47. The summed E-state index contributed by atoms with van der Waals surface area (Å²) in [6, 6.07) is 1.88. The molecule has 3 atom stereocenters. The van der Waals surface area contributed by atoms with Crippen molar-refractivity contribution in [3.63, 3.8) is 0 Å². The third kappa shape index (κ3) is 2.57. The molecule has 3 unspecified atom stereocenters. The van der Waals surface area contributed by atoms with Gasteiger partial charge < -0.3 is 10.5 Å². The minimum absolute atomic E-state index is 0.429. The molecule has 0 saturated carbocycles. The van der Waals surface area contributed by atoms with Crippen molar-refractivity contribution in [1.29, 1.82) is 0 Å². The normalized spacial score (nSPS) is 40.7. The molecule has 3 heterocycles. The van der Waals surface area contributed by atoms with E-state index < -0.39 is 0 Å². The number of rotatable bonds is 2. The van der Waals surface area contributed by atoms with Crippen molar-refractivity contribution in [1.82, 2.24) is 9.80 Å². The molecule has 3 aliphatic rings. The largest absolute Gasteiger partial charge is 0.377 e. The Kier molecular flexibility index (Phi) is 3.89. The standard InChI is InChI=1S/C14H27N3O/c1-11-14(5-9-18-11)17-8-4-13(10-17)16-6-2-12(15)3-7-16/h11-14H,2-10,15H2,1H3. The maximum Gasteiger partial charge on any atom is 0.0703 e. The average Bonchev–Trinajstić information content (AvgIpc) is 2.98. The lowest BCUT2D eigenvalue weighted by molar-refractivity contribution is 0.0775. The van der Waals surface area contributed by atoms with Gasteiger partial charge >= 0.3 is 0 Å². The summed E-state index contributed by atoms with van der Waals surface area (Å²) in [6.07, 6.45) is 5.34. The average molecular weight is 253 g/mol. The number of hydrogen-bond acceptors (Lipinski definition) is 4. The zero-order valence-corrected chi connectivity index (χ0v) is 11.6. The highest BCUT2D eigenvalue weighted by Crippen LogP contribution is 2.26. The fraction of sp³-hybridized carbons (Fsp3) is 1.00. The van der Waals surface area contributed by atoms with Gasteiger partial charge in [0.2, 0.25) is 0 Å². The summed E-state index contributed by atoms with van der Waals surface area (Å²) in [5.74, 6) is 0. The summed E-state index contributed by atoms with van der Waals surface area (Å²) in [5.41, 5.74) is 5.99. The summed E-state index contributed by atoms with van der Waals surface area (Å²) in [7, 11) is 0. The van der Waals surface area contributed by atoms with E-state index in [2.05, 4.69) is 16.7 Å². The van der Waals surface area contributed by atoms with E-state index in [-0.39, 0.29) is 0 Å². The van der Waals surface area contributed by atoms with Gasteiger partial charge in [-0.05, 0) is 45.7 Å². The molecule has 0 amide bonds. The van der Waals surface area contributed by atoms with Crippen molar-refractivity contribution in [3.8, 4) is 0 Å². The summed E-state index contributed by atoms with van der Waals surface area (Å²) in [5, 5.41) is 0. The van der Waals surface area contributed by atoms with Crippen LogP contribution >= 0.6 is 0 Å². The predicted molar refractivity (Wildman–Crippen MR) is 72.6 cm³/mol.